The molecule has 0 aliphatic rings. The van der Waals surface area contributed by atoms with Gasteiger partial charge in [0.1, 0.15) is 0 Å². The first-order valence-electron chi connectivity index (χ1n) is 7.92. The first-order valence-corrected chi connectivity index (χ1v) is 7.92. The van der Waals surface area contributed by atoms with Crippen molar-refractivity contribution in [1.29, 1.82) is 0 Å². The lowest BCUT2D eigenvalue weighted by Gasteiger charge is -2.24. The van der Waals surface area contributed by atoms with Crippen LogP contribution in [0.15, 0.2) is 30.3 Å². The van der Waals surface area contributed by atoms with E-state index in [1.165, 1.54) is 0 Å². The van der Waals surface area contributed by atoms with Crippen LogP contribution in [-0.4, -0.2) is 34.6 Å². The Morgan fingerprint density at radius 1 is 1.10 bits per heavy atom. The van der Waals surface area contributed by atoms with E-state index >= 15 is 0 Å². The number of rotatable bonds is 7. The fraction of sp³-hybridized carbons (Fsp3) is 0.500. The van der Waals surface area contributed by atoms with Crippen molar-refractivity contribution in [1.82, 2.24) is 9.88 Å². The highest BCUT2D eigenvalue weighted by Crippen LogP contribution is 2.24. The summed E-state index contributed by atoms with van der Waals surface area (Å²) >= 11 is 0. The molecule has 21 heavy (non-hydrogen) atoms. The van der Waals surface area contributed by atoms with Gasteiger partial charge in [0, 0.05) is 23.2 Å². The molecule has 1 aromatic carbocycles. The first-order chi connectivity index (χ1) is 10.2. The molecule has 1 N–H and O–H groups in total. The highest BCUT2D eigenvalue weighted by atomic mass is 16.3. The van der Waals surface area contributed by atoms with Gasteiger partial charge in [0.05, 0.1) is 11.6 Å². The summed E-state index contributed by atoms with van der Waals surface area (Å²) < 4.78 is 0. The average molecular weight is 286 g/mol. The van der Waals surface area contributed by atoms with Gasteiger partial charge < -0.3 is 10.0 Å². The molecule has 0 spiro atoms. The Balaban J connectivity index is 2.25. The van der Waals surface area contributed by atoms with E-state index in [0.717, 1.165) is 48.1 Å². The minimum atomic E-state index is -0.485. The Hall–Kier alpha value is -1.45. The van der Waals surface area contributed by atoms with Crippen LogP contribution in [0.2, 0.25) is 0 Å². The van der Waals surface area contributed by atoms with Crippen LogP contribution in [0.1, 0.15) is 44.1 Å². The molecule has 0 radical (unpaired) electrons. The summed E-state index contributed by atoms with van der Waals surface area (Å²) in [6.45, 7) is 9.08. The van der Waals surface area contributed by atoms with Crippen LogP contribution >= 0.6 is 0 Å². The van der Waals surface area contributed by atoms with Crippen LogP contribution in [0.5, 0.6) is 0 Å². The van der Waals surface area contributed by atoms with E-state index in [4.69, 9.17) is 0 Å². The van der Waals surface area contributed by atoms with Gasteiger partial charge in [-0.25, -0.2) is 0 Å². The van der Waals surface area contributed by atoms with Crippen LogP contribution in [0.3, 0.4) is 0 Å². The third-order valence-electron chi connectivity index (χ3n) is 3.76. The summed E-state index contributed by atoms with van der Waals surface area (Å²) in [6.07, 6.45) is 1.74. The van der Waals surface area contributed by atoms with Crippen LogP contribution in [0.4, 0.5) is 0 Å². The molecule has 3 heteroatoms. The fourth-order valence-electron chi connectivity index (χ4n) is 2.81. The predicted octanol–water partition coefficient (Wildman–Crippen LogP) is 3.70. The molecule has 0 bridgehead atoms. The SMILES string of the molecule is CCCN(CCC)CC(O)c1cccc2ccc(C)nc12. The number of nitrogens with zero attached hydrogens (tertiary/aromatic N) is 2. The van der Waals surface area contributed by atoms with Crippen molar-refractivity contribution in [3.63, 3.8) is 0 Å². The van der Waals surface area contributed by atoms with Gasteiger partial charge in [-0.2, -0.15) is 0 Å². The number of aryl methyl sites for hydroxylation is 1. The summed E-state index contributed by atoms with van der Waals surface area (Å²) in [5.41, 5.74) is 2.85. The van der Waals surface area contributed by atoms with Crippen molar-refractivity contribution in [2.45, 2.75) is 39.7 Å². The standard InChI is InChI=1S/C18H26N2O/c1-4-11-20(12-5-2)13-17(21)16-8-6-7-15-10-9-14(3)19-18(15)16/h6-10,17,21H,4-5,11-13H2,1-3H3. The van der Waals surface area contributed by atoms with Crippen molar-refractivity contribution in [2.75, 3.05) is 19.6 Å². The molecule has 3 nitrogen and oxygen atoms in total. The molecule has 2 rings (SSSR count). The molecule has 0 aliphatic heterocycles. The van der Waals surface area contributed by atoms with E-state index in [1.807, 2.05) is 31.2 Å². The number of hydrogen-bond acceptors (Lipinski definition) is 3. The van der Waals surface area contributed by atoms with Crippen molar-refractivity contribution in [2.24, 2.45) is 0 Å². The Morgan fingerprint density at radius 3 is 2.48 bits per heavy atom. The Labute approximate surface area is 127 Å². The molecule has 114 valence electrons. The molecule has 0 fully saturated rings. The van der Waals surface area contributed by atoms with Gasteiger partial charge in [0.2, 0.25) is 0 Å². The third kappa shape index (κ3) is 4.02. The van der Waals surface area contributed by atoms with E-state index in [2.05, 4.69) is 29.8 Å². The maximum Gasteiger partial charge on any atom is 0.0937 e. The Kier molecular flexibility index (Phi) is 5.71. The molecule has 0 aliphatic carbocycles. The molecule has 1 atom stereocenters. The number of aliphatic hydroxyl groups excluding tert-OH is 1. The summed E-state index contributed by atoms with van der Waals surface area (Å²) in [6, 6.07) is 10.1. The third-order valence-corrected chi connectivity index (χ3v) is 3.76. The molecule has 1 heterocycles. The maximum atomic E-state index is 10.7. The van der Waals surface area contributed by atoms with Crippen molar-refractivity contribution in [3.05, 3.63) is 41.6 Å². The van der Waals surface area contributed by atoms with Gasteiger partial charge in [0.15, 0.2) is 0 Å². The van der Waals surface area contributed by atoms with Crippen LogP contribution in [-0.2, 0) is 0 Å². The molecular weight excluding hydrogens is 260 g/mol. The lowest BCUT2D eigenvalue weighted by molar-refractivity contribution is 0.114. The Bertz CT molecular complexity index is 576. The quantitative estimate of drug-likeness (QED) is 0.843. The molecule has 0 amide bonds. The highest BCUT2D eigenvalue weighted by molar-refractivity contribution is 5.82. The van der Waals surface area contributed by atoms with E-state index in [0.29, 0.717) is 6.54 Å². The zero-order chi connectivity index (χ0) is 15.2. The minimum Gasteiger partial charge on any atom is -0.387 e. The number of fused-ring (bicyclic) bond motifs is 1. The van der Waals surface area contributed by atoms with Crippen LogP contribution < -0.4 is 0 Å². The Morgan fingerprint density at radius 2 is 1.81 bits per heavy atom. The minimum absolute atomic E-state index is 0.485. The topological polar surface area (TPSA) is 36.4 Å². The molecule has 2 aromatic rings. The van der Waals surface area contributed by atoms with Gasteiger partial charge in [0.25, 0.3) is 0 Å². The van der Waals surface area contributed by atoms with Gasteiger partial charge in [-0.15, -0.1) is 0 Å². The molecule has 0 saturated heterocycles. The van der Waals surface area contributed by atoms with Crippen molar-refractivity contribution < 1.29 is 5.11 Å². The van der Waals surface area contributed by atoms with E-state index in [1.54, 1.807) is 0 Å². The van der Waals surface area contributed by atoms with Crippen LogP contribution in [0, 0.1) is 6.92 Å². The maximum absolute atomic E-state index is 10.7. The van der Waals surface area contributed by atoms with Gasteiger partial charge in [-0.1, -0.05) is 38.1 Å². The summed E-state index contributed by atoms with van der Waals surface area (Å²) in [4.78, 5) is 6.95. The van der Waals surface area contributed by atoms with Gasteiger partial charge in [-0.3, -0.25) is 4.98 Å². The number of pyridine rings is 1. The van der Waals surface area contributed by atoms with E-state index < -0.39 is 6.10 Å². The average Bonchev–Trinajstić information content (AvgIpc) is 2.47. The second-order valence-electron chi connectivity index (χ2n) is 5.69. The zero-order valence-corrected chi connectivity index (χ0v) is 13.3. The van der Waals surface area contributed by atoms with Gasteiger partial charge >= 0.3 is 0 Å². The lowest BCUT2D eigenvalue weighted by Crippen LogP contribution is -2.30. The van der Waals surface area contributed by atoms with Crippen molar-refractivity contribution >= 4 is 10.9 Å². The second-order valence-corrected chi connectivity index (χ2v) is 5.69. The fourth-order valence-corrected chi connectivity index (χ4v) is 2.81. The molecular formula is C18H26N2O. The summed E-state index contributed by atoms with van der Waals surface area (Å²) in [7, 11) is 0. The number of para-hydroxylation sites is 1. The lowest BCUT2D eigenvalue weighted by atomic mass is 10.0. The number of aromatic nitrogens is 1. The van der Waals surface area contributed by atoms with Crippen LogP contribution in [0.25, 0.3) is 10.9 Å². The number of benzene rings is 1. The monoisotopic (exact) mass is 286 g/mol. The molecule has 1 unspecified atom stereocenters. The summed E-state index contributed by atoms with van der Waals surface area (Å²) in [5.74, 6) is 0. The van der Waals surface area contributed by atoms with Gasteiger partial charge in [-0.05, 0) is 38.9 Å². The summed E-state index contributed by atoms with van der Waals surface area (Å²) in [5, 5.41) is 11.7. The molecule has 1 aromatic heterocycles. The predicted molar refractivity (Wildman–Crippen MR) is 88.5 cm³/mol. The highest BCUT2D eigenvalue weighted by Gasteiger charge is 2.15. The zero-order valence-electron chi connectivity index (χ0n) is 13.3. The number of aliphatic hydroxyl groups is 1. The normalized spacial score (nSPS) is 13.0. The smallest absolute Gasteiger partial charge is 0.0937 e. The first kappa shape index (κ1) is 15.9. The van der Waals surface area contributed by atoms with E-state index in [9.17, 15) is 5.11 Å². The van der Waals surface area contributed by atoms with Crippen molar-refractivity contribution in [3.8, 4) is 0 Å². The molecule has 0 saturated carbocycles. The number of hydrogen-bond donors (Lipinski definition) is 1. The second kappa shape index (κ2) is 7.53. The largest absolute Gasteiger partial charge is 0.387 e. The van der Waals surface area contributed by atoms with E-state index in [-0.39, 0.29) is 0 Å².